The molecule has 1 atom stereocenters. The van der Waals surface area contributed by atoms with E-state index in [0.29, 0.717) is 6.54 Å². The van der Waals surface area contributed by atoms with E-state index in [1.54, 1.807) is 23.6 Å². The van der Waals surface area contributed by atoms with Crippen LogP contribution in [0.25, 0.3) is 22.4 Å². The summed E-state index contributed by atoms with van der Waals surface area (Å²) >= 11 is 3.73. The molecule has 6 nitrogen and oxygen atoms in total. The molecule has 176 valence electrons. The third-order valence-corrected chi connectivity index (χ3v) is 6.98. The summed E-state index contributed by atoms with van der Waals surface area (Å²) in [6.07, 6.45) is 5.44. The lowest BCUT2D eigenvalue weighted by molar-refractivity contribution is -0.131. The molecule has 0 fully saturated rings. The number of nitrogens with zero attached hydrogens (tertiary/aromatic N) is 4. The summed E-state index contributed by atoms with van der Waals surface area (Å²) in [6, 6.07) is 21.6. The summed E-state index contributed by atoms with van der Waals surface area (Å²) in [5.74, 6) is 1.61. The largest absolute Gasteiger partial charge is 0.467 e. The number of halogens is 1. The van der Waals surface area contributed by atoms with Crippen molar-refractivity contribution in [1.29, 1.82) is 0 Å². The van der Waals surface area contributed by atoms with Crippen molar-refractivity contribution in [1.82, 2.24) is 19.4 Å². The minimum atomic E-state index is -0.284. The Morgan fingerprint density at radius 2 is 1.80 bits per heavy atom. The third-order valence-electron chi connectivity index (χ3n) is 6.25. The number of aromatic nitrogens is 3. The number of carbonyl (C=O) groups is 1. The van der Waals surface area contributed by atoms with Crippen molar-refractivity contribution in [2.24, 2.45) is 0 Å². The highest BCUT2D eigenvalue weighted by Gasteiger charge is 2.27. The predicted molar refractivity (Wildman–Crippen MR) is 140 cm³/mol. The van der Waals surface area contributed by atoms with Gasteiger partial charge in [-0.15, -0.1) is 0 Å². The molecule has 3 aromatic heterocycles. The SMILES string of the molecule is Cc1ccoc1CN(C)C(=O)CC(c1ccccc1Br)n1c(-c2ccncc2)nc2ccccc21. The first-order valence-corrected chi connectivity index (χ1v) is 12.2. The summed E-state index contributed by atoms with van der Waals surface area (Å²) in [5, 5.41) is 0. The summed E-state index contributed by atoms with van der Waals surface area (Å²) in [6.45, 7) is 2.40. The van der Waals surface area contributed by atoms with E-state index in [1.165, 1.54) is 0 Å². The molecule has 0 aliphatic heterocycles. The summed E-state index contributed by atoms with van der Waals surface area (Å²) in [4.78, 5) is 24.4. The zero-order chi connectivity index (χ0) is 24.4. The quantitative estimate of drug-likeness (QED) is 0.245. The van der Waals surface area contributed by atoms with Crippen LogP contribution < -0.4 is 0 Å². The lowest BCUT2D eigenvalue weighted by atomic mass is 10.0. The second-order valence-corrected chi connectivity index (χ2v) is 9.40. The van der Waals surface area contributed by atoms with Gasteiger partial charge in [-0.05, 0) is 54.4 Å². The molecule has 1 amide bonds. The van der Waals surface area contributed by atoms with E-state index in [0.717, 1.165) is 43.8 Å². The molecule has 1 unspecified atom stereocenters. The highest BCUT2D eigenvalue weighted by atomic mass is 79.9. The molecule has 7 heteroatoms. The van der Waals surface area contributed by atoms with Crippen molar-refractivity contribution in [3.05, 3.63) is 107 Å². The molecule has 0 aliphatic carbocycles. The number of fused-ring (bicyclic) bond motifs is 1. The number of benzene rings is 2. The van der Waals surface area contributed by atoms with E-state index >= 15 is 0 Å². The van der Waals surface area contributed by atoms with E-state index in [2.05, 4.69) is 37.6 Å². The lowest BCUT2D eigenvalue weighted by Gasteiger charge is -2.26. The molecule has 35 heavy (non-hydrogen) atoms. The van der Waals surface area contributed by atoms with Crippen LogP contribution in [0.15, 0.2) is 94.3 Å². The van der Waals surface area contributed by atoms with Gasteiger partial charge < -0.3 is 13.9 Å². The maximum Gasteiger partial charge on any atom is 0.225 e. The Kier molecular flexibility index (Phi) is 6.51. The Morgan fingerprint density at radius 1 is 1.06 bits per heavy atom. The lowest BCUT2D eigenvalue weighted by Crippen LogP contribution is -2.29. The zero-order valence-electron chi connectivity index (χ0n) is 19.6. The number of hydrogen-bond acceptors (Lipinski definition) is 4. The van der Waals surface area contributed by atoms with E-state index in [4.69, 9.17) is 9.40 Å². The van der Waals surface area contributed by atoms with Gasteiger partial charge in [0.2, 0.25) is 5.91 Å². The normalized spacial score (nSPS) is 12.1. The molecule has 0 N–H and O–H groups in total. The van der Waals surface area contributed by atoms with Gasteiger partial charge in [-0.25, -0.2) is 4.98 Å². The van der Waals surface area contributed by atoms with Crippen molar-refractivity contribution in [3.8, 4) is 11.4 Å². The highest BCUT2D eigenvalue weighted by Crippen LogP contribution is 2.36. The first-order chi connectivity index (χ1) is 17.0. The second kappa shape index (κ2) is 9.88. The van der Waals surface area contributed by atoms with Crippen LogP contribution in [0.5, 0.6) is 0 Å². The van der Waals surface area contributed by atoms with E-state index in [1.807, 2.05) is 68.6 Å². The Bertz CT molecular complexity index is 1470. The number of aryl methyl sites for hydroxylation is 1. The number of carbonyl (C=O) groups excluding carboxylic acids is 1. The van der Waals surface area contributed by atoms with Crippen LogP contribution in [-0.2, 0) is 11.3 Å². The highest BCUT2D eigenvalue weighted by molar-refractivity contribution is 9.10. The van der Waals surface area contributed by atoms with Gasteiger partial charge in [0.15, 0.2) is 0 Å². The van der Waals surface area contributed by atoms with Crippen LogP contribution in [-0.4, -0.2) is 32.4 Å². The van der Waals surface area contributed by atoms with E-state index in [9.17, 15) is 4.79 Å². The molecular weight excluding hydrogens is 504 g/mol. The number of para-hydroxylation sites is 2. The first-order valence-electron chi connectivity index (χ1n) is 11.4. The maximum atomic E-state index is 13.6. The van der Waals surface area contributed by atoms with E-state index in [-0.39, 0.29) is 18.4 Å². The van der Waals surface area contributed by atoms with Gasteiger partial charge in [0.05, 0.1) is 36.3 Å². The molecule has 0 saturated carbocycles. The predicted octanol–water partition coefficient (Wildman–Crippen LogP) is 6.40. The second-order valence-electron chi connectivity index (χ2n) is 8.55. The molecule has 0 spiro atoms. The van der Waals surface area contributed by atoms with Gasteiger partial charge in [-0.3, -0.25) is 9.78 Å². The monoisotopic (exact) mass is 528 g/mol. The standard InChI is InChI=1S/C28H25BrN4O2/c1-19-13-16-35-26(19)18-32(2)27(34)17-25(21-7-3-4-8-22(21)29)33-24-10-6-5-9-23(24)31-28(33)20-11-14-30-15-12-20/h3-16,25H,17-18H2,1-2H3. The summed E-state index contributed by atoms with van der Waals surface area (Å²) in [5.41, 5.74) is 4.84. The number of hydrogen-bond donors (Lipinski definition) is 0. The molecule has 2 aromatic carbocycles. The fraction of sp³-hybridized carbons (Fsp3) is 0.179. The van der Waals surface area contributed by atoms with Gasteiger partial charge in [-0.2, -0.15) is 0 Å². The van der Waals surface area contributed by atoms with E-state index < -0.39 is 0 Å². The number of imidazole rings is 1. The minimum absolute atomic E-state index is 0.0139. The topological polar surface area (TPSA) is 64.2 Å². The van der Waals surface area contributed by atoms with Gasteiger partial charge in [-0.1, -0.05) is 46.3 Å². The van der Waals surface area contributed by atoms with Crippen LogP contribution >= 0.6 is 15.9 Å². The van der Waals surface area contributed by atoms with Crippen LogP contribution in [0.1, 0.15) is 29.3 Å². The number of furan rings is 1. The van der Waals surface area contributed by atoms with Gasteiger partial charge in [0.1, 0.15) is 11.6 Å². The van der Waals surface area contributed by atoms with Crippen LogP contribution in [0.2, 0.25) is 0 Å². The van der Waals surface area contributed by atoms with Crippen molar-refractivity contribution in [2.75, 3.05) is 7.05 Å². The molecular formula is C28H25BrN4O2. The number of pyridine rings is 1. The molecule has 5 aromatic rings. The molecule has 3 heterocycles. The Morgan fingerprint density at radius 3 is 2.54 bits per heavy atom. The molecule has 0 aliphatic rings. The fourth-order valence-corrected chi connectivity index (χ4v) is 4.89. The first kappa shape index (κ1) is 23.1. The maximum absolute atomic E-state index is 13.6. The third kappa shape index (κ3) is 4.64. The Hall–Kier alpha value is -3.71. The fourth-order valence-electron chi connectivity index (χ4n) is 4.34. The molecule has 5 rings (SSSR count). The van der Waals surface area contributed by atoms with Gasteiger partial charge in [0, 0.05) is 29.5 Å². The number of amides is 1. The molecule has 0 saturated heterocycles. The zero-order valence-corrected chi connectivity index (χ0v) is 21.1. The molecule has 0 bridgehead atoms. The average Bonchev–Trinajstić information content (AvgIpc) is 3.46. The average molecular weight is 529 g/mol. The Balaban J connectivity index is 1.62. The number of rotatable bonds is 7. The Labute approximate surface area is 212 Å². The van der Waals surface area contributed by atoms with Crippen molar-refractivity contribution >= 4 is 32.9 Å². The van der Waals surface area contributed by atoms with Crippen molar-refractivity contribution < 1.29 is 9.21 Å². The van der Waals surface area contributed by atoms with Gasteiger partial charge in [0.25, 0.3) is 0 Å². The molecule has 0 radical (unpaired) electrons. The smallest absolute Gasteiger partial charge is 0.225 e. The van der Waals surface area contributed by atoms with Crippen molar-refractivity contribution in [2.45, 2.75) is 25.9 Å². The van der Waals surface area contributed by atoms with Crippen LogP contribution in [0, 0.1) is 6.92 Å². The van der Waals surface area contributed by atoms with Crippen LogP contribution in [0.3, 0.4) is 0 Å². The summed E-state index contributed by atoms with van der Waals surface area (Å²) < 4.78 is 8.70. The van der Waals surface area contributed by atoms with Gasteiger partial charge >= 0.3 is 0 Å². The van der Waals surface area contributed by atoms with Crippen molar-refractivity contribution in [3.63, 3.8) is 0 Å². The minimum Gasteiger partial charge on any atom is -0.467 e. The summed E-state index contributed by atoms with van der Waals surface area (Å²) in [7, 11) is 1.82. The van der Waals surface area contributed by atoms with Crippen LogP contribution in [0.4, 0.5) is 0 Å².